The summed E-state index contributed by atoms with van der Waals surface area (Å²) < 4.78 is 1.42. The molecule has 2 aromatic rings. The van der Waals surface area contributed by atoms with Crippen LogP contribution in [0.4, 0.5) is 5.82 Å². The average Bonchev–Trinajstić information content (AvgIpc) is 2.76. The van der Waals surface area contributed by atoms with Crippen LogP contribution in [-0.4, -0.2) is 43.3 Å². The lowest BCUT2D eigenvalue weighted by Crippen LogP contribution is -2.10. The van der Waals surface area contributed by atoms with Gasteiger partial charge in [0.25, 0.3) is 0 Å². The number of thioether (sulfide) groups is 1. The van der Waals surface area contributed by atoms with Crippen LogP contribution in [0.15, 0.2) is 12.1 Å². The minimum absolute atomic E-state index is 0.656. The highest BCUT2D eigenvalue weighted by Crippen LogP contribution is 2.10. The SMILES string of the molecule is CSC(C)CCNc1ccc2nnnn2n1. The van der Waals surface area contributed by atoms with Crippen molar-refractivity contribution in [2.24, 2.45) is 0 Å². The summed E-state index contributed by atoms with van der Waals surface area (Å²) in [5.74, 6) is 0.799. The molecule has 16 heavy (non-hydrogen) atoms. The van der Waals surface area contributed by atoms with Gasteiger partial charge in [-0.2, -0.15) is 11.8 Å². The molecule has 7 heteroatoms. The van der Waals surface area contributed by atoms with Crippen molar-refractivity contribution >= 4 is 23.2 Å². The summed E-state index contributed by atoms with van der Waals surface area (Å²) >= 11 is 1.87. The van der Waals surface area contributed by atoms with Crippen LogP contribution in [0, 0.1) is 0 Å². The standard InChI is InChI=1S/C9H14N6S/c1-7(16-2)5-6-10-8-3-4-9-11-13-14-15(9)12-8/h3-4,7H,5-6H2,1-2H3,(H,10,12). The van der Waals surface area contributed by atoms with Crippen molar-refractivity contribution in [2.75, 3.05) is 18.1 Å². The summed E-state index contributed by atoms with van der Waals surface area (Å²) in [6.07, 6.45) is 3.23. The second kappa shape index (κ2) is 5.11. The zero-order valence-corrected chi connectivity index (χ0v) is 10.1. The van der Waals surface area contributed by atoms with Crippen molar-refractivity contribution in [3.8, 4) is 0 Å². The first-order chi connectivity index (χ1) is 7.79. The van der Waals surface area contributed by atoms with Crippen LogP contribution in [0.3, 0.4) is 0 Å². The third-order valence-corrected chi connectivity index (χ3v) is 3.37. The monoisotopic (exact) mass is 238 g/mol. The first-order valence-electron chi connectivity index (χ1n) is 5.11. The first-order valence-corrected chi connectivity index (χ1v) is 6.40. The maximum atomic E-state index is 4.22. The topological polar surface area (TPSA) is 68.0 Å². The molecule has 2 rings (SSSR count). The van der Waals surface area contributed by atoms with E-state index in [2.05, 4.69) is 39.1 Å². The van der Waals surface area contributed by atoms with E-state index in [0.717, 1.165) is 18.8 Å². The third-order valence-electron chi connectivity index (χ3n) is 2.33. The van der Waals surface area contributed by atoms with E-state index >= 15 is 0 Å². The Labute approximate surface area is 97.8 Å². The minimum Gasteiger partial charge on any atom is -0.369 e. The molecule has 1 unspecified atom stereocenters. The van der Waals surface area contributed by atoms with Gasteiger partial charge in [-0.05, 0) is 35.2 Å². The van der Waals surface area contributed by atoms with Crippen LogP contribution >= 0.6 is 11.8 Å². The molecule has 86 valence electrons. The van der Waals surface area contributed by atoms with Crippen molar-refractivity contribution in [2.45, 2.75) is 18.6 Å². The number of anilines is 1. The lowest BCUT2D eigenvalue weighted by atomic mass is 10.3. The van der Waals surface area contributed by atoms with Gasteiger partial charge >= 0.3 is 0 Å². The summed E-state index contributed by atoms with van der Waals surface area (Å²) in [4.78, 5) is 0. The van der Waals surface area contributed by atoms with Gasteiger partial charge in [-0.3, -0.25) is 0 Å². The molecule has 6 nitrogen and oxygen atoms in total. The Hall–Kier alpha value is -1.37. The molecule has 0 aliphatic rings. The normalized spacial score (nSPS) is 12.9. The maximum absolute atomic E-state index is 4.22. The van der Waals surface area contributed by atoms with Crippen LogP contribution in [0.2, 0.25) is 0 Å². The van der Waals surface area contributed by atoms with E-state index in [-0.39, 0.29) is 0 Å². The third kappa shape index (κ3) is 2.60. The summed E-state index contributed by atoms with van der Waals surface area (Å²) in [5, 5.41) is 19.2. The largest absolute Gasteiger partial charge is 0.369 e. The molecular weight excluding hydrogens is 224 g/mol. The predicted octanol–water partition coefficient (Wildman–Crippen LogP) is 1.07. The Morgan fingerprint density at radius 1 is 1.50 bits per heavy atom. The molecule has 2 heterocycles. The van der Waals surface area contributed by atoms with E-state index in [4.69, 9.17) is 0 Å². The Kier molecular flexibility index (Phi) is 3.55. The molecule has 2 aromatic heterocycles. The van der Waals surface area contributed by atoms with E-state index < -0.39 is 0 Å². The highest BCUT2D eigenvalue weighted by Gasteiger charge is 2.01. The fourth-order valence-corrected chi connectivity index (χ4v) is 1.62. The molecule has 0 radical (unpaired) electrons. The van der Waals surface area contributed by atoms with Gasteiger partial charge in [-0.15, -0.1) is 14.8 Å². The van der Waals surface area contributed by atoms with Crippen LogP contribution in [-0.2, 0) is 0 Å². The number of rotatable bonds is 5. The van der Waals surface area contributed by atoms with Crippen molar-refractivity contribution < 1.29 is 0 Å². The van der Waals surface area contributed by atoms with Crippen molar-refractivity contribution in [1.29, 1.82) is 0 Å². The second-order valence-corrected chi connectivity index (χ2v) is 4.78. The fraction of sp³-hybridized carbons (Fsp3) is 0.556. The van der Waals surface area contributed by atoms with Gasteiger partial charge in [-0.1, -0.05) is 6.92 Å². The number of aromatic nitrogens is 5. The van der Waals surface area contributed by atoms with Gasteiger partial charge in [0.2, 0.25) is 0 Å². The summed E-state index contributed by atoms with van der Waals surface area (Å²) in [7, 11) is 0. The van der Waals surface area contributed by atoms with Gasteiger partial charge in [0.1, 0.15) is 5.82 Å². The second-order valence-electron chi connectivity index (χ2n) is 3.51. The van der Waals surface area contributed by atoms with E-state index in [1.807, 2.05) is 23.9 Å². The number of tetrazole rings is 1. The van der Waals surface area contributed by atoms with Crippen molar-refractivity contribution in [3.63, 3.8) is 0 Å². The highest BCUT2D eigenvalue weighted by atomic mass is 32.2. The quantitative estimate of drug-likeness (QED) is 0.840. The van der Waals surface area contributed by atoms with Crippen LogP contribution < -0.4 is 5.32 Å². The van der Waals surface area contributed by atoms with E-state index in [1.165, 1.54) is 4.63 Å². The molecule has 1 N–H and O–H groups in total. The van der Waals surface area contributed by atoms with Gasteiger partial charge < -0.3 is 5.32 Å². The van der Waals surface area contributed by atoms with Crippen molar-refractivity contribution in [3.05, 3.63) is 12.1 Å². The molecule has 0 spiro atoms. The molecular formula is C9H14N6S. The van der Waals surface area contributed by atoms with E-state index in [0.29, 0.717) is 10.9 Å². The Balaban J connectivity index is 1.93. The molecule has 0 bridgehead atoms. The molecule has 0 aromatic carbocycles. The molecule has 0 saturated carbocycles. The van der Waals surface area contributed by atoms with Gasteiger partial charge in [0.05, 0.1) is 0 Å². The Morgan fingerprint density at radius 2 is 2.38 bits per heavy atom. The molecule has 0 fully saturated rings. The van der Waals surface area contributed by atoms with E-state index in [9.17, 15) is 0 Å². The molecule has 1 atom stereocenters. The lowest BCUT2D eigenvalue weighted by molar-refractivity contribution is 0.731. The average molecular weight is 238 g/mol. The minimum atomic E-state index is 0.656. The number of hydrogen-bond acceptors (Lipinski definition) is 6. The Morgan fingerprint density at radius 3 is 3.19 bits per heavy atom. The summed E-state index contributed by atoms with van der Waals surface area (Å²) in [6.45, 7) is 3.12. The number of nitrogens with zero attached hydrogens (tertiary/aromatic N) is 5. The number of nitrogens with one attached hydrogen (secondary N) is 1. The van der Waals surface area contributed by atoms with Gasteiger partial charge in [0.15, 0.2) is 5.65 Å². The highest BCUT2D eigenvalue weighted by molar-refractivity contribution is 7.99. The predicted molar refractivity (Wildman–Crippen MR) is 64.7 cm³/mol. The summed E-state index contributed by atoms with van der Waals surface area (Å²) in [6, 6.07) is 3.72. The zero-order valence-electron chi connectivity index (χ0n) is 9.29. The fourth-order valence-electron chi connectivity index (χ4n) is 1.27. The van der Waals surface area contributed by atoms with Gasteiger partial charge in [0, 0.05) is 11.8 Å². The lowest BCUT2D eigenvalue weighted by Gasteiger charge is -2.08. The Bertz CT molecular complexity index is 456. The summed E-state index contributed by atoms with van der Waals surface area (Å²) in [5.41, 5.74) is 0.656. The van der Waals surface area contributed by atoms with Crippen molar-refractivity contribution in [1.82, 2.24) is 25.3 Å². The maximum Gasteiger partial charge on any atom is 0.200 e. The number of fused-ring (bicyclic) bond motifs is 1. The van der Waals surface area contributed by atoms with Gasteiger partial charge in [-0.25, -0.2) is 0 Å². The molecule has 0 aliphatic heterocycles. The molecule has 0 amide bonds. The first kappa shape index (κ1) is 11.1. The van der Waals surface area contributed by atoms with Crippen LogP contribution in [0.5, 0.6) is 0 Å². The molecule has 0 aliphatic carbocycles. The van der Waals surface area contributed by atoms with Crippen LogP contribution in [0.1, 0.15) is 13.3 Å². The van der Waals surface area contributed by atoms with E-state index in [1.54, 1.807) is 0 Å². The van der Waals surface area contributed by atoms with Crippen LogP contribution in [0.25, 0.3) is 5.65 Å². The number of hydrogen-bond donors (Lipinski definition) is 1. The smallest absolute Gasteiger partial charge is 0.200 e. The molecule has 0 saturated heterocycles. The zero-order chi connectivity index (χ0) is 11.4.